The van der Waals surface area contributed by atoms with Crippen molar-refractivity contribution in [3.63, 3.8) is 0 Å². The van der Waals surface area contributed by atoms with Crippen molar-refractivity contribution in [2.24, 2.45) is 0 Å². The minimum Gasteiger partial charge on any atom is -0.406 e. The predicted octanol–water partition coefficient (Wildman–Crippen LogP) is 6.58. The maximum absolute atomic E-state index is 15.4. The number of ether oxygens (including phenoxy) is 1. The van der Waals surface area contributed by atoms with E-state index in [4.69, 9.17) is 4.98 Å². The number of nitrogens with one attached hydrogen (secondary N) is 2. The van der Waals surface area contributed by atoms with E-state index in [0.29, 0.717) is 24.0 Å². The van der Waals surface area contributed by atoms with E-state index >= 15 is 4.39 Å². The van der Waals surface area contributed by atoms with E-state index in [9.17, 15) is 22.8 Å². The maximum Gasteiger partial charge on any atom is 0.573 e. The van der Waals surface area contributed by atoms with E-state index in [1.807, 2.05) is 42.6 Å². The lowest BCUT2D eigenvalue weighted by atomic mass is 10.00. The van der Waals surface area contributed by atoms with Gasteiger partial charge in [0.2, 0.25) is 0 Å². The van der Waals surface area contributed by atoms with Crippen LogP contribution < -0.4 is 20.3 Å². The second-order valence-electron chi connectivity index (χ2n) is 12.4. The van der Waals surface area contributed by atoms with Crippen LogP contribution in [0.1, 0.15) is 52.0 Å². The zero-order chi connectivity index (χ0) is 34.4. The molecule has 0 bridgehead atoms. The summed E-state index contributed by atoms with van der Waals surface area (Å²) in [6.45, 7) is 3.86. The van der Waals surface area contributed by atoms with Gasteiger partial charge in [0.15, 0.2) is 0 Å². The van der Waals surface area contributed by atoms with Crippen molar-refractivity contribution in [2.45, 2.75) is 50.7 Å². The first kappa shape index (κ1) is 33.9. The molecular formula is C37H37F4N5O3. The van der Waals surface area contributed by atoms with Crippen LogP contribution in [0.3, 0.4) is 0 Å². The Morgan fingerprint density at radius 3 is 2.06 bits per heavy atom. The number of amides is 2. The normalized spacial score (nSPS) is 16.3. The number of benzene rings is 3. The first-order valence-electron chi connectivity index (χ1n) is 16.3. The monoisotopic (exact) mass is 675 g/mol. The number of rotatable bonds is 9. The number of piperidine rings is 2. The standard InChI is InChI=1S/C37H37F4N5O3/c38-34-31(26-10-12-30(13-11-26)49-37(39,40)41)7-4-8-32(34)36(48)44-28-15-19-45(20-16-28)24-25-9-14-33(42-23-25)46-21-17-29(18-22-46)43-35(47)27-5-2-1-3-6-27/h1-14,23,28-29H,15-22,24H2,(H,43,47)(H,44,48). The number of likely N-dealkylation sites (tertiary alicyclic amines) is 1. The number of hydrogen-bond acceptors (Lipinski definition) is 6. The molecule has 1 aromatic heterocycles. The number of halogens is 4. The molecule has 0 saturated carbocycles. The lowest BCUT2D eigenvalue weighted by Crippen LogP contribution is -2.45. The molecule has 0 spiro atoms. The molecule has 0 radical (unpaired) electrons. The van der Waals surface area contributed by atoms with Crippen LogP contribution in [0.25, 0.3) is 11.1 Å². The van der Waals surface area contributed by atoms with Gasteiger partial charge in [-0.15, -0.1) is 13.2 Å². The molecule has 0 aliphatic carbocycles. The molecule has 3 heterocycles. The molecule has 2 aliphatic rings. The van der Waals surface area contributed by atoms with E-state index in [1.54, 1.807) is 6.07 Å². The third kappa shape index (κ3) is 8.94. The molecule has 2 N–H and O–H groups in total. The quantitative estimate of drug-likeness (QED) is 0.195. The van der Waals surface area contributed by atoms with Crippen LogP contribution in [0.5, 0.6) is 5.75 Å². The smallest absolute Gasteiger partial charge is 0.406 e. The number of aromatic nitrogens is 1. The Hall–Kier alpha value is -4.97. The Bertz CT molecular complexity index is 1720. The minimum atomic E-state index is -4.82. The number of carbonyl (C=O) groups is 2. The molecule has 256 valence electrons. The Morgan fingerprint density at radius 2 is 1.43 bits per heavy atom. The fourth-order valence-corrected chi connectivity index (χ4v) is 6.33. The van der Waals surface area contributed by atoms with Crippen LogP contribution in [-0.2, 0) is 6.54 Å². The van der Waals surface area contributed by atoms with Crippen LogP contribution in [0.2, 0.25) is 0 Å². The van der Waals surface area contributed by atoms with E-state index in [-0.39, 0.29) is 29.1 Å². The fourth-order valence-electron chi connectivity index (χ4n) is 6.33. The van der Waals surface area contributed by atoms with Crippen LogP contribution in [0, 0.1) is 5.82 Å². The summed E-state index contributed by atoms with van der Waals surface area (Å²) in [5.41, 5.74) is 2.07. The van der Waals surface area contributed by atoms with Gasteiger partial charge in [0.1, 0.15) is 17.4 Å². The van der Waals surface area contributed by atoms with Gasteiger partial charge in [0.05, 0.1) is 5.56 Å². The van der Waals surface area contributed by atoms with Gasteiger partial charge in [-0.3, -0.25) is 14.5 Å². The van der Waals surface area contributed by atoms with Gasteiger partial charge in [-0.05, 0) is 73.2 Å². The van der Waals surface area contributed by atoms with Crippen molar-refractivity contribution in [3.8, 4) is 16.9 Å². The van der Waals surface area contributed by atoms with E-state index in [2.05, 4.69) is 31.2 Å². The zero-order valence-corrected chi connectivity index (χ0v) is 26.8. The van der Waals surface area contributed by atoms with Crippen molar-refractivity contribution in [1.82, 2.24) is 20.5 Å². The molecule has 6 rings (SSSR count). The predicted molar refractivity (Wildman–Crippen MR) is 178 cm³/mol. The Morgan fingerprint density at radius 1 is 0.776 bits per heavy atom. The number of hydrogen-bond donors (Lipinski definition) is 2. The van der Waals surface area contributed by atoms with E-state index in [1.165, 1.54) is 24.3 Å². The van der Waals surface area contributed by atoms with Crippen LogP contribution in [-0.4, -0.2) is 66.3 Å². The first-order valence-corrected chi connectivity index (χ1v) is 16.3. The van der Waals surface area contributed by atoms with Crippen LogP contribution in [0.4, 0.5) is 23.4 Å². The Labute approximate surface area is 282 Å². The zero-order valence-electron chi connectivity index (χ0n) is 26.8. The molecule has 4 aromatic rings. The summed E-state index contributed by atoms with van der Waals surface area (Å²) in [4.78, 5) is 34.8. The highest BCUT2D eigenvalue weighted by Crippen LogP contribution is 2.29. The average molecular weight is 676 g/mol. The van der Waals surface area contributed by atoms with Crippen LogP contribution >= 0.6 is 0 Å². The molecule has 2 aliphatic heterocycles. The molecular weight excluding hydrogens is 638 g/mol. The Balaban J connectivity index is 0.948. The molecule has 2 fully saturated rings. The summed E-state index contributed by atoms with van der Waals surface area (Å²) in [5.74, 6) is -0.805. The molecule has 2 amide bonds. The maximum atomic E-state index is 15.4. The van der Waals surface area contributed by atoms with Gasteiger partial charge < -0.3 is 20.3 Å². The van der Waals surface area contributed by atoms with Gasteiger partial charge in [-0.25, -0.2) is 9.37 Å². The molecule has 2 saturated heterocycles. The van der Waals surface area contributed by atoms with Crippen molar-refractivity contribution in [1.29, 1.82) is 0 Å². The Kier molecular flexibility index (Phi) is 10.4. The highest BCUT2D eigenvalue weighted by Gasteiger charge is 2.31. The molecule has 0 unspecified atom stereocenters. The molecule has 3 aromatic carbocycles. The topological polar surface area (TPSA) is 86.8 Å². The van der Waals surface area contributed by atoms with Crippen molar-refractivity contribution in [2.75, 3.05) is 31.1 Å². The molecule has 12 heteroatoms. The SMILES string of the molecule is O=C(NC1CCN(c2ccc(CN3CCC(NC(=O)c4cccc(-c5ccc(OC(F)(F)F)cc5)c4F)CC3)cn2)CC1)c1ccccc1. The molecule has 49 heavy (non-hydrogen) atoms. The summed E-state index contributed by atoms with van der Waals surface area (Å²) >= 11 is 0. The van der Waals surface area contributed by atoms with Gasteiger partial charge in [0.25, 0.3) is 11.8 Å². The lowest BCUT2D eigenvalue weighted by Gasteiger charge is -2.34. The summed E-state index contributed by atoms with van der Waals surface area (Å²) in [7, 11) is 0. The third-order valence-corrected chi connectivity index (χ3v) is 8.97. The fraction of sp³-hybridized carbons (Fsp3) is 0.324. The highest BCUT2D eigenvalue weighted by atomic mass is 19.4. The highest BCUT2D eigenvalue weighted by molar-refractivity contribution is 5.96. The van der Waals surface area contributed by atoms with Gasteiger partial charge in [-0.2, -0.15) is 0 Å². The number of alkyl halides is 3. The van der Waals surface area contributed by atoms with E-state index < -0.39 is 23.8 Å². The largest absolute Gasteiger partial charge is 0.573 e. The van der Waals surface area contributed by atoms with Crippen LogP contribution in [0.15, 0.2) is 91.1 Å². The van der Waals surface area contributed by atoms with Gasteiger partial charge >= 0.3 is 6.36 Å². The third-order valence-electron chi connectivity index (χ3n) is 8.97. The van der Waals surface area contributed by atoms with Crippen molar-refractivity contribution in [3.05, 3.63) is 114 Å². The number of carbonyl (C=O) groups excluding carboxylic acids is 2. The van der Waals surface area contributed by atoms with Gasteiger partial charge in [-0.1, -0.05) is 48.5 Å². The summed E-state index contributed by atoms with van der Waals surface area (Å²) in [6, 6.07) is 22.7. The second-order valence-corrected chi connectivity index (χ2v) is 12.4. The average Bonchev–Trinajstić information content (AvgIpc) is 3.10. The minimum absolute atomic E-state index is 0.0413. The summed E-state index contributed by atoms with van der Waals surface area (Å²) in [6.07, 6.45) is 0.186. The van der Waals surface area contributed by atoms with Gasteiger partial charge in [0, 0.05) is 62.1 Å². The van der Waals surface area contributed by atoms with Crippen molar-refractivity contribution >= 4 is 17.6 Å². The number of nitrogens with zero attached hydrogens (tertiary/aromatic N) is 3. The first-order chi connectivity index (χ1) is 23.6. The summed E-state index contributed by atoms with van der Waals surface area (Å²) < 4.78 is 56.7. The number of anilines is 1. The molecule has 0 atom stereocenters. The second kappa shape index (κ2) is 15.1. The number of pyridine rings is 1. The molecule has 8 nitrogen and oxygen atoms in total. The van der Waals surface area contributed by atoms with E-state index in [0.717, 1.165) is 69.1 Å². The van der Waals surface area contributed by atoms with Crippen molar-refractivity contribution < 1.29 is 31.9 Å². The lowest BCUT2D eigenvalue weighted by molar-refractivity contribution is -0.274. The summed E-state index contributed by atoms with van der Waals surface area (Å²) in [5, 5.41) is 6.09.